The molecule has 0 amide bonds. The number of hydrogen-bond donors (Lipinski definition) is 2. The largest absolute Gasteiger partial charge is 0.388 e. The van der Waals surface area contributed by atoms with Gasteiger partial charge in [-0.25, -0.2) is 4.98 Å². The molecular formula is C23H29N7OS. The van der Waals surface area contributed by atoms with Crippen molar-refractivity contribution in [2.24, 2.45) is 7.05 Å². The van der Waals surface area contributed by atoms with Crippen LogP contribution in [0.15, 0.2) is 41.9 Å². The number of carbonyl (C=O) groups excluding carboxylic acids is 1. The van der Waals surface area contributed by atoms with Crippen LogP contribution in [0.3, 0.4) is 0 Å². The molecule has 9 heteroatoms. The van der Waals surface area contributed by atoms with Crippen LogP contribution >= 0.6 is 11.3 Å². The fourth-order valence-electron chi connectivity index (χ4n) is 3.84. The van der Waals surface area contributed by atoms with Crippen molar-refractivity contribution in [3.63, 3.8) is 0 Å². The first-order valence-electron chi connectivity index (χ1n) is 10.7. The molecule has 2 N–H and O–H groups in total. The summed E-state index contributed by atoms with van der Waals surface area (Å²) in [6.07, 6.45) is 2.96. The van der Waals surface area contributed by atoms with E-state index < -0.39 is 0 Å². The van der Waals surface area contributed by atoms with E-state index in [1.807, 2.05) is 20.0 Å². The predicted molar refractivity (Wildman–Crippen MR) is 130 cm³/mol. The zero-order valence-electron chi connectivity index (χ0n) is 18.7. The van der Waals surface area contributed by atoms with Crippen LogP contribution in [0.1, 0.15) is 21.9 Å². The van der Waals surface area contributed by atoms with Gasteiger partial charge in [-0.3, -0.25) is 18.8 Å². The SMILES string of the molecule is CNc1ccccc1-c1cn2c(CN3CCNCC3)csc2n1.Cc1cc(C=O)n(C)n1. The zero-order chi connectivity index (χ0) is 22.5. The third-order valence-corrected chi connectivity index (χ3v) is 6.40. The van der Waals surface area contributed by atoms with E-state index in [0.29, 0.717) is 5.69 Å². The summed E-state index contributed by atoms with van der Waals surface area (Å²) < 4.78 is 3.80. The van der Waals surface area contributed by atoms with E-state index in [4.69, 9.17) is 4.98 Å². The molecule has 0 unspecified atom stereocenters. The van der Waals surface area contributed by atoms with Crippen LogP contribution in [0.25, 0.3) is 16.2 Å². The predicted octanol–water partition coefficient (Wildman–Crippen LogP) is 3.05. The van der Waals surface area contributed by atoms with E-state index in [0.717, 1.165) is 66.6 Å². The molecule has 0 atom stereocenters. The van der Waals surface area contributed by atoms with E-state index in [-0.39, 0.29) is 0 Å². The number of carbonyl (C=O) groups is 1. The number of piperazine rings is 1. The minimum atomic E-state index is 0.618. The lowest BCUT2D eigenvalue weighted by Gasteiger charge is -2.26. The lowest BCUT2D eigenvalue weighted by Crippen LogP contribution is -2.43. The molecule has 1 aliphatic rings. The van der Waals surface area contributed by atoms with Gasteiger partial charge in [-0.15, -0.1) is 11.3 Å². The average molecular weight is 452 g/mol. The first-order valence-corrected chi connectivity index (χ1v) is 11.6. The molecule has 0 radical (unpaired) electrons. The number of nitrogens with one attached hydrogen (secondary N) is 2. The second kappa shape index (κ2) is 10.1. The van der Waals surface area contributed by atoms with Crippen molar-refractivity contribution in [2.45, 2.75) is 13.5 Å². The summed E-state index contributed by atoms with van der Waals surface area (Å²) in [6, 6.07) is 10.1. The minimum absolute atomic E-state index is 0.618. The molecule has 1 saturated heterocycles. The lowest BCUT2D eigenvalue weighted by molar-refractivity contribution is 0.111. The highest BCUT2D eigenvalue weighted by Crippen LogP contribution is 2.29. The molecule has 0 aliphatic carbocycles. The van der Waals surface area contributed by atoms with Gasteiger partial charge in [0.05, 0.1) is 11.4 Å². The van der Waals surface area contributed by atoms with Crippen molar-refractivity contribution in [1.82, 2.24) is 29.4 Å². The minimum Gasteiger partial charge on any atom is -0.388 e. The van der Waals surface area contributed by atoms with Gasteiger partial charge >= 0.3 is 0 Å². The first kappa shape index (κ1) is 22.2. The van der Waals surface area contributed by atoms with Gasteiger partial charge in [-0.2, -0.15) is 5.10 Å². The summed E-state index contributed by atoms with van der Waals surface area (Å²) in [7, 11) is 3.70. The Labute approximate surface area is 191 Å². The maximum Gasteiger partial charge on any atom is 0.194 e. The number of imidazole rings is 1. The molecule has 32 heavy (non-hydrogen) atoms. The van der Waals surface area contributed by atoms with Gasteiger partial charge in [0.25, 0.3) is 0 Å². The van der Waals surface area contributed by atoms with Crippen LogP contribution in [-0.2, 0) is 13.6 Å². The zero-order valence-corrected chi connectivity index (χ0v) is 19.5. The number of fused-ring (bicyclic) bond motifs is 1. The number of nitrogens with zero attached hydrogens (tertiary/aromatic N) is 5. The summed E-state index contributed by atoms with van der Waals surface area (Å²) in [4.78, 5) is 18.6. The Kier molecular flexibility index (Phi) is 6.99. The summed E-state index contributed by atoms with van der Waals surface area (Å²) in [6.45, 7) is 7.23. The molecule has 4 aromatic rings. The summed E-state index contributed by atoms with van der Waals surface area (Å²) in [5, 5.41) is 12.9. The highest BCUT2D eigenvalue weighted by Gasteiger charge is 2.15. The van der Waals surface area contributed by atoms with Crippen LogP contribution in [0, 0.1) is 6.92 Å². The standard InChI is InChI=1S/C17H21N5S.C6H8N2O/c1-18-15-5-3-2-4-14(15)16-11-22-13(12-23-17(22)20-16)10-21-8-6-19-7-9-21;1-5-3-6(4-9)8(2)7-5/h2-5,11-12,18-19H,6-10H2,1H3;3-4H,1-2H3. The summed E-state index contributed by atoms with van der Waals surface area (Å²) in [5.74, 6) is 0. The number of aromatic nitrogens is 4. The van der Waals surface area contributed by atoms with Crippen molar-refractivity contribution in [3.05, 3.63) is 59.0 Å². The molecule has 0 bridgehead atoms. The Bertz CT molecular complexity index is 1190. The Morgan fingerprint density at radius 2 is 2.03 bits per heavy atom. The van der Waals surface area contributed by atoms with E-state index in [1.165, 1.54) is 5.69 Å². The van der Waals surface area contributed by atoms with Crippen molar-refractivity contribution in [1.29, 1.82) is 0 Å². The second-order valence-electron chi connectivity index (χ2n) is 7.78. The Hall–Kier alpha value is -3.01. The Morgan fingerprint density at radius 1 is 1.25 bits per heavy atom. The number of hydrogen-bond acceptors (Lipinski definition) is 7. The molecule has 0 saturated carbocycles. The fraction of sp³-hybridized carbons (Fsp3) is 0.348. The molecule has 168 valence electrons. The van der Waals surface area contributed by atoms with Crippen molar-refractivity contribution < 1.29 is 4.79 Å². The summed E-state index contributed by atoms with van der Waals surface area (Å²) >= 11 is 1.72. The van der Waals surface area contributed by atoms with E-state index in [2.05, 4.69) is 54.8 Å². The van der Waals surface area contributed by atoms with E-state index >= 15 is 0 Å². The van der Waals surface area contributed by atoms with Gasteiger partial charge in [-0.1, -0.05) is 18.2 Å². The van der Waals surface area contributed by atoms with Crippen LogP contribution in [0.4, 0.5) is 5.69 Å². The molecule has 0 spiro atoms. The van der Waals surface area contributed by atoms with Crippen LogP contribution in [-0.4, -0.2) is 63.6 Å². The number of rotatable bonds is 5. The highest BCUT2D eigenvalue weighted by atomic mass is 32.1. The third-order valence-electron chi connectivity index (χ3n) is 5.51. The van der Waals surface area contributed by atoms with Crippen LogP contribution in [0.5, 0.6) is 0 Å². The topological polar surface area (TPSA) is 79.5 Å². The first-order chi connectivity index (χ1) is 15.6. The number of aryl methyl sites for hydroxylation is 2. The maximum absolute atomic E-state index is 10.2. The molecule has 1 aromatic carbocycles. The molecule has 3 aromatic heterocycles. The van der Waals surface area contributed by atoms with Gasteiger partial charge in [-0.05, 0) is 19.1 Å². The smallest absolute Gasteiger partial charge is 0.194 e. The monoisotopic (exact) mass is 451 g/mol. The quantitative estimate of drug-likeness (QED) is 0.454. The van der Waals surface area contributed by atoms with E-state index in [1.54, 1.807) is 29.1 Å². The molecule has 8 nitrogen and oxygen atoms in total. The van der Waals surface area contributed by atoms with Crippen LogP contribution < -0.4 is 10.6 Å². The van der Waals surface area contributed by atoms with Gasteiger partial charge in [0, 0.05) is 75.3 Å². The van der Waals surface area contributed by atoms with Crippen molar-refractivity contribution >= 4 is 28.3 Å². The number of anilines is 1. The van der Waals surface area contributed by atoms with Gasteiger partial charge in [0.1, 0.15) is 5.69 Å². The second-order valence-corrected chi connectivity index (χ2v) is 8.62. The Morgan fingerprint density at radius 3 is 2.69 bits per heavy atom. The van der Waals surface area contributed by atoms with Gasteiger partial charge in [0.2, 0.25) is 0 Å². The van der Waals surface area contributed by atoms with Crippen molar-refractivity contribution in [2.75, 3.05) is 38.5 Å². The molecule has 1 fully saturated rings. The third kappa shape index (κ3) is 4.90. The number of benzene rings is 1. The summed E-state index contributed by atoms with van der Waals surface area (Å²) in [5.41, 5.74) is 6.11. The van der Waals surface area contributed by atoms with E-state index in [9.17, 15) is 4.79 Å². The Balaban J connectivity index is 0.000000230. The fourth-order valence-corrected chi connectivity index (χ4v) is 4.70. The normalized spacial score (nSPS) is 14.2. The van der Waals surface area contributed by atoms with Crippen LogP contribution in [0.2, 0.25) is 0 Å². The highest BCUT2D eigenvalue weighted by molar-refractivity contribution is 7.15. The van der Waals surface area contributed by atoms with Crippen molar-refractivity contribution in [3.8, 4) is 11.3 Å². The maximum atomic E-state index is 10.2. The van der Waals surface area contributed by atoms with Gasteiger partial charge in [0.15, 0.2) is 11.2 Å². The van der Waals surface area contributed by atoms with Gasteiger partial charge < -0.3 is 10.6 Å². The number of aldehydes is 1. The molecule has 1 aliphatic heterocycles. The molecule has 5 rings (SSSR count). The number of para-hydroxylation sites is 1. The molecule has 4 heterocycles. The molecular weight excluding hydrogens is 422 g/mol. The number of thiazole rings is 1. The lowest BCUT2D eigenvalue weighted by atomic mass is 10.1. The average Bonchev–Trinajstić information content (AvgIpc) is 3.49.